The van der Waals surface area contributed by atoms with E-state index in [0.717, 1.165) is 28.1 Å². The summed E-state index contributed by atoms with van der Waals surface area (Å²) in [6.45, 7) is 2.08. The van der Waals surface area contributed by atoms with E-state index < -0.39 is 17.9 Å². The van der Waals surface area contributed by atoms with Crippen molar-refractivity contribution in [2.24, 2.45) is 0 Å². The molecule has 0 aliphatic rings. The highest BCUT2D eigenvalue weighted by Gasteiger charge is 2.21. The van der Waals surface area contributed by atoms with Gasteiger partial charge >= 0.3 is 5.97 Å². The summed E-state index contributed by atoms with van der Waals surface area (Å²) in [5.41, 5.74) is 3.77. The minimum Gasteiger partial charge on any atom is -0.480 e. The third kappa shape index (κ3) is 6.26. The van der Waals surface area contributed by atoms with E-state index in [-0.39, 0.29) is 6.42 Å². The summed E-state index contributed by atoms with van der Waals surface area (Å²) in [7, 11) is 0. The number of nitrogens with one attached hydrogen (secondary N) is 2. The lowest BCUT2D eigenvalue weighted by molar-refractivity contribution is -0.139. The maximum Gasteiger partial charge on any atom is 0.326 e. The Hall–Kier alpha value is -3.68. The molecule has 0 bridgehead atoms. The average Bonchev–Trinajstić information content (AvgIpc) is 3.27. The van der Waals surface area contributed by atoms with Crippen LogP contribution in [-0.4, -0.2) is 28.0 Å². The van der Waals surface area contributed by atoms with Crippen LogP contribution in [0.4, 0.5) is 10.8 Å². The zero-order valence-electron chi connectivity index (χ0n) is 19.0. The fraction of sp³-hybridized carbons (Fsp3) is 0.148. The van der Waals surface area contributed by atoms with Crippen molar-refractivity contribution in [2.75, 3.05) is 5.32 Å². The molecule has 0 aliphatic heterocycles. The Bertz CT molecular complexity index is 1320. The minimum atomic E-state index is -1.08. The number of aliphatic carboxylic acids is 1. The van der Waals surface area contributed by atoms with Crippen molar-refractivity contribution in [3.63, 3.8) is 0 Å². The number of nitrogens with zero attached hydrogens (tertiary/aromatic N) is 1. The zero-order chi connectivity index (χ0) is 24.8. The molecule has 1 amide bonds. The molecule has 4 rings (SSSR count). The molecule has 0 saturated heterocycles. The summed E-state index contributed by atoms with van der Waals surface area (Å²) in [6, 6.07) is 22.7. The molecule has 4 aromatic rings. The number of benzene rings is 3. The van der Waals surface area contributed by atoms with Crippen LogP contribution in [0.5, 0.6) is 0 Å². The van der Waals surface area contributed by atoms with Crippen LogP contribution in [0.15, 0.2) is 78.9 Å². The highest BCUT2D eigenvalue weighted by molar-refractivity contribution is 7.16. The lowest BCUT2D eigenvalue weighted by Gasteiger charge is -2.15. The second kappa shape index (κ2) is 11.2. The molecule has 6 nitrogen and oxygen atoms in total. The van der Waals surface area contributed by atoms with Gasteiger partial charge in [0.2, 0.25) is 0 Å². The highest BCUT2D eigenvalue weighted by atomic mass is 35.5. The average molecular weight is 506 g/mol. The predicted molar refractivity (Wildman–Crippen MR) is 141 cm³/mol. The van der Waals surface area contributed by atoms with E-state index in [2.05, 4.69) is 17.6 Å². The first-order valence-electron chi connectivity index (χ1n) is 11.1. The van der Waals surface area contributed by atoms with Gasteiger partial charge in [0.15, 0.2) is 5.13 Å². The summed E-state index contributed by atoms with van der Waals surface area (Å²) < 4.78 is 0. The second-order valence-electron chi connectivity index (χ2n) is 7.91. The van der Waals surface area contributed by atoms with E-state index in [0.29, 0.717) is 21.4 Å². The molecule has 0 saturated carbocycles. The van der Waals surface area contributed by atoms with Gasteiger partial charge in [-0.3, -0.25) is 4.79 Å². The van der Waals surface area contributed by atoms with Crippen molar-refractivity contribution in [1.82, 2.24) is 10.3 Å². The lowest BCUT2D eigenvalue weighted by Crippen LogP contribution is -2.42. The van der Waals surface area contributed by atoms with E-state index in [1.807, 2.05) is 60.7 Å². The van der Waals surface area contributed by atoms with E-state index in [4.69, 9.17) is 16.6 Å². The van der Waals surface area contributed by atoms with Crippen LogP contribution in [0.25, 0.3) is 11.3 Å². The fourth-order valence-corrected chi connectivity index (χ4v) is 4.70. The molecule has 0 spiro atoms. The Morgan fingerprint density at radius 3 is 2.46 bits per heavy atom. The van der Waals surface area contributed by atoms with E-state index in [1.165, 1.54) is 0 Å². The van der Waals surface area contributed by atoms with Gasteiger partial charge in [0.05, 0.1) is 5.69 Å². The number of amides is 1. The standard InChI is InChI=1S/C27H24ClN3O3S/c1-2-23-24(18-11-13-20(28)14-12-18)31-27(35-23)29-21-10-6-9-19(16-21)25(32)30-22(26(33)34)15-17-7-4-3-5-8-17/h3-14,16,22H,2,15H2,1H3,(H,29,31)(H,30,32)(H,33,34)/t22-/m0/s1. The van der Waals surface area contributed by atoms with Gasteiger partial charge in [0.25, 0.3) is 5.91 Å². The predicted octanol–water partition coefficient (Wildman–Crippen LogP) is 6.20. The summed E-state index contributed by atoms with van der Waals surface area (Å²) in [5, 5.41) is 16.9. The van der Waals surface area contributed by atoms with Crippen LogP contribution < -0.4 is 10.6 Å². The molecule has 3 N–H and O–H groups in total. The van der Waals surface area contributed by atoms with Gasteiger partial charge in [-0.25, -0.2) is 9.78 Å². The van der Waals surface area contributed by atoms with Gasteiger partial charge in [-0.2, -0.15) is 0 Å². The van der Waals surface area contributed by atoms with Gasteiger partial charge in [0.1, 0.15) is 6.04 Å². The third-order valence-corrected chi connectivity index (χ3v) is 6.77. The number of halogens is 1. The van der Waals surface area contributed by atoms with E-state index in [1.54, 1.807) is 29.5 Å². The van der Waals surface area contributed by atoms with Crippen LogP contribution in [-0.2, 0) is 17.6 Å². The minimum absolute atomic E-state index is 0.201. The maximum atomic E-state index is 12.8. The summed E-state index contributed by atoms with van der Waals surface area (Å²) in [4.78, 5) is 30.5. The highest BCUT2D eigenvalue weighted by Crippen LogP contribution is 2.33. The molecule has 1 heterocycles. The van der Waals surface area contributed by atoms with E-state index in [9.17, 15) is 14.7 Å². The molecule has 35 heavy (non-hydrogen) atoms. The quantitative estimate of drug-likeness (QED) is 0.252. The first-order chi connectivity index (χ1) is 16.9. The number of aryl methyl sites for hydroxylation is 1. The molecule has 8 heteroatoms. The number of anilines is 2. The number of carbonyl (C=O) groups is 2. The number of hydrogen-bond acceptors (Lipinski definition) is 5. The van der Waals surface area contributed by atoms with Crippen LogP contribution in [0.2, 0.25) is 5.02 Å². The first kappa shape index (κ1) is 24.4. The Kier molecular flexibility index (Phi) is 7.80. The Labute approximate surface area is 212 Å². The van der Waals surface area contributed by atoms with Crippen LogP contribution in [0.3, 0.4) is 0 Å². The molecule has 0 unspecified atom stereocenters. The molecule has 3 aromatic carbocycles. The van der Waals surface area contributed by atoms with Gasteiger partial charge < -0.3 is 15.7 Å². The molecule has 1 atom stereocenters. The largest absolute Gasteiger partial charge is 0.480 e. The topological polar surface area (TPSA) is 91.3 Å². The van der Waals surface area contributed by atoms with Crippen molar-refractivity contribution in [3.8, 4) is 11.3 Å². The van der Waals surface area contributed by atoms with Gasteiger partial charge in [0, 0.05) is 33.1 Å². The summed E-state index contributed by atoms with van der Waals surface area (Å²) >= 11 is 7.57. The fourth-order valence-electron chi connectivity index (χ4n) is 3.63. The maximum absolute atomic E-state index is 12.8. The van der Waals surface area contributed by atoms with Crippen molar-refractivity contribution in [3.05, 3.63) is 99.9 Å². The van der Waals surface area contributed by atoms with Crippen LogP contribution in [0.1, 0.15) is 27.7 Å². The normalized spacial score (nSPS) is 11.6. The smallest absolute Gasteiger partial charge is 0.326 e. The number of carbonyl (C=O) groups excluding carboxylic acids is 1. The van der Waals surface area contributed by atoms with Crippen molar-refractivity contribution >= 4 is 45.6 Å². The molecular weight excluding hydrogens is 482 g/mol. The Morgan fingerprint density at radius 1 is 1.03 bits per heavy atom. The van der Waals surface area contributed by atoms with Crippen molar-refractivity contribution in [2.45, 2.75) is 25.8 Å². The molecule has 0 fully saturated rings. The second-order valence-corrected chi connectivity index (χ2v) is 9.43. The van der Waals surface area contributed by atoms with Crippen LogP contribution in [0, 0.1) is 0 Å². The summed E-state index contributed by atoms with van der Waals surface area (Å²) in [5.74, 6) is -1.53. The first-order valence-corrected chi connectivity index (χ1v) is 12.3. The lowest BCUT2D eigenvalue weighted by atomic mass is 10.1. The zero-order valence-corrected chi connectivity index (χ0v) is 20.6. The van der Waals surface area contributed by atoms with E-state index >= 15 is 0 Å². The Morgan fingerprint density at radius 2 is 1.77 bits per heavy atom. The van der Waals surface area contributed by atoms with Crippen molar-refractivity contribution in [1.29, 1.82) is 0 Å². The Balaban J connectivity index is 1.49. The number of thiazole rings is 1. The summed E-state index contributed by atoms with van der Waals surface area (Å²) in [6.07, 6.45) is 1.03. The molecule has 0 aliphatic carbocycles. The number of hydrogen-bond donors (Lipinski definition) is 3. The number of rotatable bonds is 9. The van der Waals surface area contributed by atoms with Gasteiger partial charge in [-0.15, -0.1) is 11.3 Å². The number of aromatic nitrogens is 1. The van der Waals surface area contributed by atoms with Gasteiger partial charge in [-0.1, -0.05) is 67.1 Å². The molecule has 178 valence electrons. The number of carboxylic acid groups (broad SMARTS) is 1. The molecule has 1 aromatic heterocycles. The molecular formula is C27H24ClN3O3S. The monoisotopic (exact) mass is 505 g/mol. The third-order valence-electron chi connectivity index (χ3n) is 5.40. The SMILES string of the molecule is CCc1sc(Nc2cccc(C(=O)N[C@@H](Cc3ccccc3)C(=O)O)c2)nc1-c1ccc(Cl)cc1. The number of carboxylic acids is 1. The van der Waals surface area contributed by atoms with Gasteiger partial charge in [-0.05, 0) is 42.3 Å². The van der Waals surface area contributed by atoms with Crippen molar-refractivity contribution < 1.29 is 14.7 Å². The van der Waals surface area contributed by atoms with Crippen LogP contribution >= 0.6 is 22.9 Å². The molecule has 0 radical (unpaired) electrons.